The Morgan fingerprint density at radius 3 is 2.81 bits per heavy atom. The van der Waals surface area contributed by atoms with Crippen molar-refractivity contribution in [3.8, 4) is 0 Å². The molecular weight excluding hydrogens is 260 g/mol. The van der Waals surface area contributed by atoms with Gasteiger partial charge in [-0.25, -0.2) is 0 Å². The first kappa shape index (κ1) is 15.9. The summed E-state index contributed by atoms with van der Waals surface area (Å²) in [5.74, 6) is 1.45. The maximum atomic E-state index is 12.2. The van der Waals surface area contributed by atoms with Gasteiger partial charge in [0.1, 0.15) is 0 Å². The van der Waals surface area contributed by atoms with Crippen LogP contribution in [0.25, 0.3) is 0 Å². The molecule has 0 aliphatic heterocycles. The molecule has 116 valence electrons. The normalized spacial score (nSPS) is 22.2. The molecule has 1 saturated carbocycles. The molecule has 2 rings (SSSR count). The molecule has 1 aromatic rings. The number of nitrogens with two attached hydrogens (primary N) is 1. The first-order valence-electron chi connectivity index (χ1n) is 8.20. The van der Waals surface area contributed by atoms with Crippen molar-refractivity contribution in [1.82, 2.24) is 5.32 Å². The third kappa shape index (κ3) is 4.76. The predicted octanol–water partition coefficient (Wildman–Crippen LogP) is 3.53. The smallest absolute Gasteiger partial charge is 0.220 e. The lowest BCUT2D eigenvalue weighted by Crippen LogP contribution is -2.44. The molecule has 3 N–H and O–H groups in total. The molecule has 2 unspecified atom stereocenters. The number of carbonyl (C=O) groups is 1. The lowest BCUT2D eigenvalue weighted by atomic mass is 9.78. The summed E-state index contributed by atoms with van der Waals surface area (Å²) in [6, 6.07) is 8.16. The Hall–Kier alpha value is -1.51. The molecule has 21 heavy (non-hydrogen) atoms. The maximum absolute atomic E-state index is 12.2. The number of rotatable bonds is 5. The summed E-state index contributed by atoms with van der Waals surface area (Å²) >= 11 is 0. The number of hydrogen-bond donors (Lipinski definition) is 2. The Kier molecular flexibility index (Phi) is 5.66. The number of aryl methyl sites for hydroxylation is 1. The molecule has 0 radical (unpaired) electrons. The number of carbonyl (C=O) groups excluding carboxylic acids is 1. The minimum Gasteiger partial charge on any atom is -0.399 e. The minimum absolute atomic E-state index is 0.176. The summed E-state index contributed by atoms with van der Waals surface area (Å²) in [5.41, 5.74) is 7.66. The quantitative estimate of drug-likeness (QED) is 0.814. The number of amides is 1. The van der Waals surface area contributed by atoms with Gasteiger partial charge in [-0.1, -0.05) is 38.8 Å². The van der Waals surface area contributed by atoms with Crippen LogP contribution in [0.4, 0.5) is 5.69 Å². The second-order valence-electron chi connectivity index (χ2n) is 6.61. The summed E-state index contributed by atoms with van der Waals surface area (Å²) < 4.78 is 0. The van der Waals surface area contributed by atoms with Gasteiger partial charge in [-0.2, -0.15) is 0 Å². The van der Waals surface area contributed by atoms with Gasteiger partial charge in [0.15, 0.2) is 0 Å². The van der Waals surface area contributed by atoms with Gasteiger partial charge in [-0.15, -0.1) is 0 Å². The van der Waals surface area contributed by atoms with Gasteiger partial charge in [-0.3, -0.25) is 4.79 Å². The average Bonchev–Trinajstić information content (AvgIpc) is 2.45. The van der Waals surface area contributed by atoms with Crippen LogP contribution in [0.3, 0.4) is 0 Å². The van der Waals surface area contributed by atoms with Crippen LogP contribution in [-0.4, -0.2) is 11.9 Å². The molecule has 1 aliphatic carbocycles. The predicted molar refractivity (Wildman–Crippen MR) is 87.9 cm³/mol. The zero-order valence-electron chi connectivity index (χ0n) is 13.3. The van der Waals surface area contributed by atoms with Gasteiger partial charge in [0.25, 0.3) is 0 Å². The summed E-state index contributed by atoms with van der Waals surface area (Å²) in [4.78, 5) is 12.2. The zero-order valence-corrected chi connectivity index (χ0v) is 13.3. The lowest BCUT2D eigenvalue weighted by Gasteiger charge is -2.35. The zero-order chi connectivity index (χ0) is 15.2. The van der Waals surface area contributed by atoms with E-state index in [1.807, 2.05) is 24.3 Å². The van der Waals surface area contributed by atoms with E-state index in [0.717, 1.165) is 24.1 Å². The Morgan fingerprint density at radius 1 is 1.33 bits per heavy atom. The molecule has 0 heterocycles. The van der Waals surface area contributed by atoms with Crippen molar-refractivity contribution in [2.24, 2.45) is 11.8 Å². The number of hydrogen-bond acceptors (Lipinski definition) is 2. The van der Waals surface area contributed by atoms with Gasteiger partial charge in [0.2, 0.25) is 5.91 Å². The molecule has 2 atom stereocenters. The molecule has 1 aliphatic rings. The van der Waals surface area contributed by atoms with Gasteiger partial charge < -0.3 is 11.1 Å². The minimum atomic E-state index is 0.176. The van der Waals surface area contributed by atoms with Crippen LogP contribution in [-0.2, 0) is 11.2 Å². The highest BCUT2D eigenvalue weighted by Crippen LogP contribution is 2.30. The number of nitrogens with one attached hydrogen (secondary N) is 1. The van der Waals surface area contributed by atoms with Crippen LogP contribution >= 0.6 is 0 Å². The monoisotopic (exact) mass is 288 g/mol. The Morgan fingerprint density at radius 2 is 2.10 bits per heavy atom. The van der Waals surface area contributed by atoms with Gasteiger partial charge in [0.05, 0.1) is 0 Å². The molecule has 0 aromatic heterocycles. The fourth-order valence-electron chi connectivity index (χ4n) is 3.42. The fraction of sp³-hybridized carbons (Fsp3) is 0.611. The van der Waals surface area contributed by atoms with Crippen LogP contribution < -0.4 is 11.1 Å². The summed E-state index contributed by atoms with van der Waals surface area (Å²) in [7, 11) is 0. The van der Waals surface area contributed by atoms with Crippen molar-refractivity contribution < 1.29 is 4.79 Å². The van der Waals surface area contributed by atoms with E-state index in [4.69, 9.17) is 5.73 Å². The van der Waals surface area contributed by atoms with Crippen LogP contribution in [0.15, 0.2) is 24.3 Å². The third-order valence-electron chi connectivity index (χ3n) is 4.61. The van der Waals surface area contributed by atoms with Crippen molar-refractivity contribution in [1.29, 1.82) is 0 Å². The molecule has 1 aromatic carbocycles. The highest BCUT2D eigenvalue weighted by Gasteiger charge is 2.28. The topological polar surface area (TPSA) is 55.1 Å². The number of anilines is 1. The number of benzene rings is 1. The van der Waals surface area contributed by atoms with E-state index in [1.165, 1.54) is 19.3 Å². The van der Waals surface area contributed by atoms with Crippen molar-refractivity contribution in [3.05, 3.63) is 29.8 Å². The van der Waals surface area contributed by atoms with Crippen LogP contribution in [0, 0.1) is 11.8 Å². The van der Waals surface area contributed by atoms with E-state index in [0.29, 0.717) is 24.3 Å². The maximum Gasteiger partial charge on any atom is 0.220 e. The molecule has 0 spiro atoms. The molecule has 1 fully saturated rings. The van der Waals surface area contributed by atoms with Gasteiger partial charge in [0, 0.05) is 18.2 Å². The van der Waals surface area contributed by atoms with Crippen LogP contribution in [0.5, 0.6) is 0 Å². The second-order valence-corrected chi connectivity index (χ2v) is 6.61. The van der Waals surface area contributed by atoms with E-state index in [9.17, 15) is 4.79 Å². The van der Waals surface area contributed by atoms with Crippen LogP contribution in [0.2, 0.25) is 0 Å². The Labute approximate surface area is 128 Å². The largest absolute Gasteiger partial charge is 0.399 e. The first-order chi connectivity index (χ1) is 10.1. The lowest BCUT2D eigenvalue weighted by molar-refractivity contribution is -0.122. The van der Waals surface area contributed by atoms with Gasteiger partial charge in [-0.05, 0) is 48.8 Å². The standard InChI is InChI=1S/C18H28N2O/c1-13(2)16-8-3-4-9-17(16)20-18(21)11-10-14-6-5-7-15(19)12-14/h5-7,12-13,16-17H,3-4,8-11,19H2,1-2H3,(H,20,21). The van der Waals surface area contributed by atoms with Crippen molar-refractivity contribution in [2.75, 3.05) is 5.73 Å². The van der Waals surface area contributed by atoms with Crippen LogP contribution in [0.1, 0.15) is 51.5 Å². The summed E-state index contributed by atoms with van der Waals surface area (Å²) in [6.07, 6.45) is 6.23. The molecule has 0 bridgehead atoms. The van der Waals surface area contributed by atoms with E-state index in [2.05, 4.69) is 19.2 Å². The van der Waals surface area contributed by atoms with Crippen molar-refractivity contribution in [2.45, 2.75) is 58.4 Å². The third-order valence-corrected chi connectivity index (χ3v) is 4.61. The van der Waals surface area contributed by atoms with E-state index >= 15 is 0 Å². The Balaban J connectivity index is 1.83. The van der Waals surface area contributed by atoms with E-state index < -0.39 is 0 Å². The van der Waals surface area contributed by atoms with E-state index in [-0.39, 0.29) is 5.91 Å². The average molecular weight is 288 g/mol. The molecule has 3 nitrogen and oxygen atoms in total. The molecule has 1 amide bonds. The fourth-order valence-corrected chi connectivity index (χ4v) is 3.42. The number of nitrogen functional groups attached to an aromatic ring is 1. The van der Waals surface area contributed by atoms with E-state index in [1.54, 1.807) is 0 Å². The van der Waals surface area contributed by atoms with Crippen molar-refractivity contribution >= 4 is 11.6 Å². The first-order valence-corrected chi connectivity index (χ1v) is 8.20. The van der Waals surface area contributed by atoms with Gasteiger partial charge >= 0.3 is 0 Å². The molecule has 3 heteroatoms. The Bertz CT molecular complexity index is 470. The molecule has 0 saturated heterocycles. The summed E-state index contributed by atoms with van der Waals surface area (Å²) in [6.45, 7) is 4.53. The molecular formula is C18H28N2O. The SMILES string of the molecule is CC(C)C1CCCCC1NC(=O)CCc1cccc(N)c1. The van der Waals surface area contributed by atoms with Crippen molar-refractivity contribution in [3.63, 3.8) is 0 Å². The highest BCUT2D eigenvalue weighted by atomic mass is 16.1. The second kappa shape index (κ2) is 7.48. The summed E-state index contributed by atoms with van der Waals surface area (Å²) in [5, 5.41) is 3.26. The highest BCUT2D eigenvalue weighted by molar-refractivity contribution is 5.76.